The zero-order chi connectivity index (χ0) is 13.5. The minimum Gasteiger partial charge on any atom is -0.487 e. The maximum atomic E-state index is 10.9. The molecule has 0 aliphatic heterocycles. The molecule has 0 aliphatic carbocycles. The van der Waals surface area contributed by atoms with Gasteiger partial charge in [0, 0.05) is 16.4 Å². The van der Waals surface area contributed by atoms with Gasteiger partial charge in [0.1, 0.15) is 0 Å². The van der Waals surface area contributed by atoms with Gasteiger partial charge in [-0.1, -0.05) is 22.9 Å². The molecule has 0 fully saturated rings. The van der Waals surface area contributed by atoms with Crippen LogP contribution in [0.3, 0.4) is 0 Å². The van der Waals surface area contributed by atoms with Crippen molar-refractivity contribution in [3.8, 4) is 5.75 Å². The zero-order valence-corrected chi connectivity index (χ0v) is 12.4. The summed E-state index contributed by atoms with van der Waals surface area (Å²) in [7, 11) is 0. The van der Waals surface area contributed by atoms with Crippen LogP contribution in [0, 0.1) is 16.0 Å². The molecule has 1 atom stereocenters. The highest BCUT2D eigenvalue weighted by atomic mass is 79.9. The molecule has 0 radical (unpaired) electrons. The van der Waals surface area contributed by atoms with Gasteiger partial charge in [0.2, 0.25) is 0 Å². The van der Waals surface area contributed by atoms with Crippen LogP contribution in [-0.2, 0) is 0 Å². The Bertz CT molecular complexity index is 414. The number of nitro groups is 1. The predicted molar refractivity (Wildman–Crippen MR) is 75.4 cm³/mol. The molecular weight excluding hydrogens is 321 g/mol. The largest absolute Gasteiger partial charge is 0.487 e. The Morgan fingerprint density at radius 1 is 1.50 bits per heavy atom. The van der Waals surface area contributed by atoms with Crippen LogP contribution in [-0.4, -0.2) is 17.4 Å². The maximum Gasteiger partial charge on any atom is 0.312 e. The Morgan fingerprint density at radius 3 is 2.83 bits per heavy atom. The lowest BCUT2D eigenvalue weighted by Crippen LogP contribution is -2.06. The van der Waals surface area contributed by atoms with Crippen molar-refractivity contribution in [3.63, 3.8) is 0 Å². The van der Waals surface area contributed by atoms with E-state index < -0.39 is 4.92 Å². The first-order chi connectivity index (χ1) is 8.54. The van der Waals surface area contributed by atoms with Crippen molar-refractivity contribution in [2.24, 2.45) is 5.92 Å². The third-order valence-corrected chi connectivity index (χ3v) is 3.30. The average molecular weight is 337 g/mol. The van der Waals surface area contributed by atoms with Gasteiger partial charge in [0.15, 0.2) is 5.75 Å². The lowest BCUT2D eigenvalue weighted by molar-refractivity contribution is -0.385. The standard InChI is InChI=1S/C12H15BrClNO3/c1-9(4-6-14)5-7-18-12-3-2-10(13)8-11(12)15(16)17/h2-3,8-9H,4-7H2,1H3. The van der Waals surface area contributed by atoms with Crippen LogP contribution >= 0.6 is 27.5 Å². The molecule has 0 bridgehead atoms. The highest BCUT2D eigenvalue weighted by molar-refractivity contribution is 9.10. The van der Waals surface area contributed by atoms with Gasteiger partial charge in [-0.15, -0.1) is 11.6 Å². The van der Waals surface area contributed by atoms with E-state index in [1.807, 2.05) is 0 Å². The van der Waals surface area contributed by atoms with Gasteiger partial charge in [-0.05, 0) is 30.9 Å². The van der Waals surface area contributed by atoms with Gasteiger partial charge in [0.05, 0.1) is 11.5 Å². The third kappa shape index (κ3) is 4.82. The number of nitro benzene ring substituents is 1. The number of hydrogen-bond acceptors (Lipinski definition) is 3. The predicted octanol–water partition coefficient (Wildman–Crippen LogP) is 4.39. The summed E-state index contributed by atoms with van der Waals surface area (Å²) in [6, 6.07) is 4.77. The number of alkyl halides is 1. The molecule has 1 aromatic rings. The summed E-state index contributed by atoms with van der Waals surface area (Å²) < 4.78 is 6.13. The van der Waals surface area contributed by atoms with E-state index in [0.717, 1.165) is 12.8 Å². The second-order valence-corrected chi connectivity index (χ2v) is 5.38. The van der Waals surface area contributed by atoms with Crippen molar-refractivity contribution in [2.75, 3.05) is 12.5 Å². The topological polar surface area (TPSA) is 52.4 Å². The molecule has 4 nitrogen and oxygen atoms in total. The third-order valence-electron chi connectivity index (χ3n) is 2.59. The zero-order valence-electron chi connectivity index (χ0n) is 10.1. The molecule has 1 aromatic carbocycles. The lowest BCUT2D eigenvalue weighted by atomic mass is 10.1. The summed E-state index contributed by atoms with van der Waals surface area (Å²) in [5.74, 6) is 1.39. The van der Waals surface area contributed by atoms with Gasteiger partial charge in [-0.25, -0.2) is 0 Å². The van der Waals surface area contributed by atoms with Crippen molar-refractivity contribution < 1.29 is 9.66 Å². The molecule has 0 spiro atoms. The lowest BCUT2D eigenvalue weighted by Gasteiger charge is -2.11. The van der Waals surface area contributed by atoms with Gasteiger partial charge in [0.25, 0.3) is 0 Å². The minimum atomic E-state index is -0.442. The Balaban J connectivity index is 2.59. The first-order valence-electron chi connectivity index (χ1n) is 5.67. The van der Waals surface area contributed by atoms with E-state index >= 15 is 0 Å². The number of benzene rings is 1. The molecule has 0 heterocycles. The van der Waals surface area contributed by atoms with Crippen LogP contribution in [0.1, 0.15) is 19.8 Å². The fraction of sp³-hybridized carbons (Fsp3) is 0.500. The van der Waals surface area contributed by atoms with Crippen molar-refractivity contribution in [2.45, 2.75) is 19.8 Å². The highest BCUT2D eigenvalue weighted by Crippen LogP contribution is 2.30. The fourth-order valence-electron chi connectivity index (χ4n) is 1.46. The van der Waals surface area contributed by atoms with Gasteiger partial charge in [-0.3, -0.25) is 10.1 Å². The monoisotopic (exact) mass is 335 g/mol. The fourth-order valence-corrected chi connectivity index (χ4v) is 2.18. The number of halogens is 2. The Labute approximate surface area is 120 Å². The second-order valence-electron chi connectivity index (χ2n) is 4.09. The van der Waals surface area contributed by atoms with Gasteiger partial charge < -0.3 is 4.74 Å². The summed E-state index contributed by atoms with van der Waals surface area (Å²) in [5, 5.41) is 10.9. The van der Waals surface area contributed by atoms with E-state index in [2.05, 4.69) is 22.9 Å². The van der Waals surface area contributed by atoms with E-state index in [1.54, 1.807) is 12.1 Å². The van der Waals surface area contributed by atoms with E-state index in [1.165, 1.54) is 6.07 Å². The van der Waals surface area contributed by atoms with Crippen molar-refractivity contribution in [1.29, 1.82) is 0 Å². The second kappa shape index (κ2) is 7.59. The van der Waals surface area contributed by atoms with Gasteiger partial charge in [-0.2, -0.15) is 0 Å². The van der Waals surface area contributed by atoms with Crippen molar-refractivity contribution in [3.05, 3.63) is 32.8 Å². The molecule has 0 N–H and O–H groups in total. The summed E-state index contributed by atoms with van der Waals surface area (Å²) >= 11 is 8.84. The molecule has 6 heteroatoms. The first kappa shape index (κ1) is 15.2. The molecule has 0 aromatic heterocycles. The number of hydrogen-bond donors (Lipinski definition) is 0. The summed E-state index contributed by atoms with van der Waals surface area (Å²) in [6.45, 7) is 2.54. The molecule has 18 heavy (non-hydrogen) atoms. The SMILES string of the molecule is CC(CCCl)CCOc1ccc(Br)cc1[N+](=O)[O-]. The highest BCUT2D eigenvalue weighted by Gasteiger charge is 2.15. The number of ether oxygens (including phenoxy) is 1. The molecular formula is C12H15BrClNO3. The van der Waals surface area contributed by atoms with Crippen LogP contribution in [0.5, 0.6) is 5.75 Å². The molecule has 100 valence electrons. The molecule has 0 saturated heterocycles. The number of rotatable bonds is 7. The van der Waals surface area contributed by atoms with Crippen LogP contribution in [0.2, 0.25) is 0 Å². The van der Waals surface area contributed by atoms with Crippen molar-refractivity contribution in [1.82, 2.24) is 0 Å². The summed E-state index contributed by atoms with van der Waals surface area (Å²) in [5.41, 5.74) is -0.0191. The van der Waals surface area contributed by atoms with Crippen LogP contribution < -0.4 is 4.74 Å². The number of nitrogens with zero attached hydrogens (tertiary/aromatic N) is 1. The molecule has 0 saturated carbocycles. The smallest absolute Gasteiger partial charge is 0.312 e. The summed E-state index contributed by atoms with van der Waals surface area (Å²) in [4.78, 5) is 10.4. The molecule has 0 aliphatic rings. The molecule has 0 amide bonds. The van der Waals surface area contributed by atoms with Crippen LogP contribution in [0.15, 0.2) is 22.7 Å². The minimum absolute atomic E-state index is 0.0191. The Morgan fingerprint density at radius 2 is 2.22 bits per heavy atom. The van der Waals surface area contributed by atoms with Crippen LogP contribution in [0.4, 0.5) is 5.69 Å². The average Bonchev–Trinajstić information content (AvgIpc) is 2.31. The van der Waals surface area contributed by atoms with E-state index in [9.17, 15) is 10.1 Å². The van der Waals surface area contributed by atoms with E-state index in [-0.39, 0.29) is 5.69 Å². The Kier molecular flexibility index (Phi) is 6.43. The molecule has 1 rings (SSSR count). The quantitative estimate of drug-likeness (QED) is 0.421. The van der Waals surface area contributed by atoms with E-state index in [4.69, 9.17) is 16.3 Å². The summed E-state index contributed by atoms with van der Waals surface area (Å²) in [6.07, 6.45) is 1.76. The molecule has 1 unspecified atom stereocenters. The van der Waals surface area contributed by atoms with Crippen molar-refractivity contribution >= 4 is 33.2 Å². The van der Waals surface area contributed by atoms with Gasteiger partial charge >= 0.3 is 5.69 Å². The van der Waals surface area contributed by atoms with Crippen LogP contribution in [0.25, 0.3) is 0 Å². The normalized spacial score (nSPS) is 12.2. The Hall–Kier alpha value is -0.810. The van der Waals surface area contributed by atoms with E-state index in [0.29, 0.717) is 28.6 Å². The maximum absolute atomic E-state index is 10.9. The first-order valence-corrected chi connectivity index (χ1v) is 7.00.